The maximum absolute atomic E-state index is 12.4. The normalized spacial score (nSPS) is 22.5. The molecule has 0 bridgehead atoms. The first kappa shape index (κ1) is 14.2. The Morgan fingerprint density at radius 3 is 2.50 bits per heavy atom. The van der Waals surface area contributed by atoms with Crippen LogP contribution in [0.1, 0.15) is 23.7 Å². The van der Waals surface area contributed by atoms with E-state index in [0.717, 1.165) is 0 Å². The van der Waals surface area contributed by atoms with Crippen molar-refractivity contribution in [3.8, 4) is 0 Å². The topological polar surface area (TPSA) is 63.7 Å². The molecule has 0 spiro atoms. The number of amides is 1. The molecule has 0 aliphatic carbocycles. The van der Waals surface area contributed by atoms with Crippen LogP contribution in [0.5, 0.6) is 0 Å². The minimum atomic E-state index is -1.27. The Hall–Kier alpha value is -2.17. The lowest BCUT2D eigenvalue weighted by molar-refractivity contribution is -0.159. The standard InChI is InChI=1S/C15H17NO4/c1-15(14(19)20-2)10-16(9-8-12(15)17)13(18)11-6-4-3-5-7-11/h3-7H,8-10H2,1-2H3. The number of likely N-dealkylation sites (tertiary alicyclic amines) is 1. The van der Waals surface area contributed by atoms with Gasteiger partial charge in [-0.1, -0.05) is 18.2 Å². The van der Waals surface area contributed by atoms with E-state index in [-0.39, 0.29) is 24.7 Å². The maximum Gasteiger partial charge on any atom is 0.320 e. The molecule has 1 aliphatic heterocycles. The highest BCUT2D eigenvalue weighted by Crippen LogP contribution is 2.28. The number of benzene rings is 1. The molecule has 0 N–H and O–H groups in total. The van der Waals surface area contributed by atoms with Crippen molar-refractivity contribution in [1.82, 2.24) is 4.90 Å². The van der Waals surface area contributed by atoms with Gasteiger partial charge in [-0.25, -0.2) is 0 Å². The predicted molar refractivity (Wildman–Crippen MR) is 72.1 cm³/mol. The van der Waals surface area contributed by atoms with Crippen LogP contribution in [0.15, 0.2) is 30.3 Å². The molecule has 1 amide bonds. The Balaban J connectivity index is 2.21. The molecule has 1 saturated heterocycles. The third-order valence-electron chi connectivity index (χ3n) is 3.68. The van der Waals surface area contributed by atoms with E-state index in [1.54, 1.807) is 24.3 Å². The molecule has 1 heterocycles. The first-order valence-corrected chi connectivity index (χ1v) is 6.45. The van der Waals surface area contributed by atoms with Crippen molar-refractivity contribution in [2.75, 3.05) is 20.2 Å². The molecule has 1 aromatic rings. The van der Waals surface area contributed by atoms with Crippen LogP contribution in [0.2, 0.25) is 0 Å². The molecule has 0 saturated carbocycles. The second kappa shape index (κ2) is 5.45. The number of methoxy groups -OCH3 is 1. The van der Waals surface area contributed by atoms with E-state index in [9.17, 15) is 14.4 Å². The van der Waals surface area contributed by atoms with E-state index >= 15 is 0 Å². The summed E-state index contributed by atoms with van der Waals surface area (Å²) in [7, 11) is 1.25. The molecule has 1 atom stereocenters. The van der Waals surface area contributed by atoms with Gasteiger partial charge in [-0.3, -0.25) is 14.4 Å². The highest BCUT2D eigenvalue weighted by atomic mass is 16.5. The van der Waals surface area contributed by atoms with Crippen molar-refractivity contribution >= 4 is 17.7 Å². The Kier molecular flexibility index (Phi) is 3.88. The quantitative estimate of drug-likeness (QED) is 0.602. The number of esters is 1. The number of carbonyl (C=O) groups excluding carboxylic acids is 3. The summed E-state index contributed by atoms with van der Waals surface area (Å²) < 4.78 is 4.70. The van der Waals surface area contributed by atoms with Gasteiger partial charge in [0.2, 0.25) is 0 Å². The number of hydrogen-bond acceptors (Lipinski definition) is 4. The molecular formula is C15H17NO4. The van der Waals surface area contributed by atoms with Crippen LogP contribution in [0.25, 0.3) is 0 Å². The van der Waals surface area contributed by atoms with Crippen molar-refractivity contribution in [2.45, 2.75) is 13.3 Å². The lowest BCUT2D eigenvalue weighted by Crippen LogP contribution is -2.54. The summed E-state index contributed by atoms with van der Waals surface area (Å²) in [4.78, 5) is 37.7. The molecule has 0 radical (unpaired) electrons. The van der Waals surface area contributed by atoms with Gasteiger partial charge in [-0.15, -0.1) is 0 Å². The Morgan fingerprint density at radius 2 is 1.90 bits per heavy atom. The van der Waals surface area contributed by atoms with Crippen molar-refractivity contribution in [3.05, 3.63) is 35.9 Å². The van der Waals surface area contributed by atoms with Crippen LogP contribution in [-0.2, 0) is 14.3 Å². The summed E-state index contributed by atoms with van der Waals surface area (Å²) in [6, 6.07) is 8.82. The molecular weight excluding hydrogens is 258 g/mol. The Morgan fingerprint density at radius 1 is 1.25 bits per heavy atom. The highest BCUT2D eigenvalue weighted by molar-refractivity contribution is 6.06. The molecule has 1 unspecified atom stereocenters. The number of nitrogens with zero attached hydrogens (tertiary/aromatic N) is 1. The highest BCUT2D eigenvalue weighted by Gasteiger charge is 2.47. The number of carbonyl (C=O) groups is 3. The number of ketones is 1. The second-order valence-corrected chi connectivity index (χ2v) is 5.09. The van der Waals surface area contributed by atoms with E-state index < -0.39 is 11.4 Å². The van der Waals surface area contributed by atoms with Crippen LogP contribution < -0.4 is 0 Å². The molecule has 5 heteroatoms. The number of rotatable bonds is 2. The maximum atomic E-state index is 12.4. The van der Waals surface area contributed by atoms with Gasteiger partial charge in [-0.05, 0) is 19.1 Å². The SMILES string of the molecule is COC(=O)C1(C)CN(C(=O)c2ccccc2)CCC1=O. The monoisotopic (exact) mass is 275 g/mol. The third-order valence-corrected chi connectivity index (χ3v) is 3.68. The van der Waals surface area contributed by atoms with Gasteiger partial charge >= 0.3 is 5.97 Å². The smallest absolute Gasteiger partial charge is 0.320 e. The second-order valence-electron chi connectivity index (χ2n) is 5.09. The zero-order chi connectivity index (χ0) is 14.8. The lowest BCUT2D eigenvalue weighted by Gasteiger charge is -2.37. The zero-order valence-corrected chi connectivity index (χ0v) is 11.6. The average Bonchev–Trinajstić information content (AvgIpc) is 2.49. The molecule has 20 heavy (non-hydrogen) atoms. The molecule has 5 nitrogen and oxygen atoms in total. The average molecular weight is 275 g/mol. The van der Waals surface area contributed by atoms with Gasteiger partial charge in [0.25, 0.3) is 5.91 Å². The van der Waals surface area contributed by atoms with Crippen molar-refractivity contribution in [1.29, 1.82) is 0 Å². The van der Waals surface area contributed by atoms with Crippen molar-refractivity contribution in [2.24, 2.45) is 5.41 Å². The summed E-state index contributed by atoms with van der Waals surface area (Å²) in [5.41, 5.74) is -0.716. The van der Waals surface area contributed by atoms with Crippen LogP contribution in [0.3, 0.4) is 0 Å². The summed E-state index contributed by atoms with van der Waals surface area (Å²) in [5, 5.41) is 0. The molecule has 1 aromatic carbocycles. The Bertz CT molecular complexity index is 530. The minimum absolute atomic E-state index is 0.0617. The largest absolute Gasteiger partial charge is 0.468 e. The fourth-order valence-corrected chi connectivity index (χ4v) is 2.40. The van der Waals surface area contributed by atoms with Gasteiger partial charge in [0, 0.05) is 25.1 Å². The lowest BCUT2D eigenvalue weighted by atomic mass is 9.80. The van der Waals surface area contributed by atoms with E-state index in [0.29, 0.717) is 12.1 Å². The fraction of sp³-hybridized carbons (Fsp3) is 0.400. The van der Waals surface area contributed by atoms with Gasteiger partial charge in [0.05, 0.1) is 7.11 Å². The van der Waals surface area contributed by atoms with Gasteiger partial charge in [0.1, 0.15) is 5.41 Å². The van der Waals surface area contributed by atoms with Crippen LogP contribution >= 0.6 is 0 Å². The zero-order valence-electron chi connectivity index (χ0n) is 11.6. The number of hydrogen-bond donors (Lipinski definition) is 0. The summed E-state index contributed by atoms with van der Waals surface area (Å²) in [5.74, 6) is -0.942. The molecule has 2 rings (SSSR count). The third kappa shape index (κ3) is 2.43. The molecule has 1 aliphatic rings. The Labute approximate surface area is 117 Å². The van der Waals surface area contributed by atoms with Gasteiger partial charge < -0.3 is 9.64 Å². The summed E-state index contributed by atoms with van der Waals surface area (Å²) >= 11 is 0. The van der Waals surface area contributed by atoms with E-state index in [1.165, 1.54) is 18.9 Å². The van der Waals surface area contributed by atoms with Crippen LogP contribution in [0.4, 0.5) is 0 Å². The number of piperidine rings is 1. The first-order valence-electron chi connectivity index (χ1n) is 6.45. The molecule has 0 aromatic heterocycles. The molecule has 1 fully saturated rings. The van der Waals surface area contributed by atoms with Crippen LogP contribution in [0, 0.1) is 5.41 Å². The fourth-order valence-electron chi connectivity index (χ4n) is 2.40. The van der Waals surface area contributed by atoms with E-state index in [2.05, 4.69) is 0 Å². The summed E-state index contributed by atoms with van der Waals surface area (Å²) in [6.45, 7) is 1.93. The van der Waals surface area contributed by atoms with Gasteiger partial charge in [0.15, 0.2) is 5.78 Å². The minimum Gasteiger partial charge on any atom is -0.468 e. The van der Waals surface area contributed by atoms with Crippen molar-refractivity contribution in [3.63, 3.8) is 0 Å². The van der Waals surface area contributed by atoms with Crippen LogP contribution in [-0.4, -0.2) is 42.8 Å². The number of ether oxygens (including phenoxy) is 1. The molecule has 106 valence electrons. The summed E-state index contributed by atoms with van der Waals surface area (Å²) in [6.07, 6.45) is 0.171. The van der Waals surface area contributed by atoms with E-state index in [4.69, 9.17) is 4.74 Å². The van der Waals surface area contributed by atoms with Gasteiger partial charge in [-0.2, -0.15) is 0 Å². The van der Waals surface area contributed by atoms with Crippen molar-refractivity contribution < 1.29 is 19.1 Å². The first-order chi connectivity index (χ1) is 9.49. The van der Waals surface area contributed by atoms with E-state index in [1.807, 2.05) is 6.07 Å². The number of Topliss-reactive ketones (excluding diaryl/α,β-unsaturated/α-hetero) is 1. The predicted octanol–water partition coefficient (Wildman–Crippen LogP) is 1.28.